The molecule has 0 spiro atoms. The van der Waals surface area contributed by atoms with E-state index in [2.05, 4.69) is 16.0 Å². The number of amides is 3. The monoisotopic (exact) mass is 492 g/mol. The van der Waals surface area contributed by atoms with Crippen LogP contribution in [0.2, 0.25) is 0 Å². The number of benzene rings is 1. The number of phenolic OH excluding ortho intramolecular Hbond substituents is 1. The second-order valence-electron chi connectivity index (χ2n) is 9.97. The van der Waals surface area contributed by atoms with Crippen molar-refractivity contribution in [2.24, 2.45) is 23.5 Å². The Bertz CT molecular complexity index is 869. The quantitative estimate of drug-likeness (QED) is 0.240. The van der Waals surface area contributed by atoms with Crippen molar-refractivity contribution in [2.75, 3.05) is 0 Å². The fraction of sp³-hybridized carbons (Fsp3) is 0.600. The summed E-state index contributed by atoms with van der Waals surface area (Å²) in [6, 6.07) is 2.38. The standard InChI is InChI=1S/C25H40N4O6/c1-13(2)11-19(25(34)35)27-23(32)20(14(3)4)29-24(33)21(15(5)6)28-22(31)18(26)12-16-7-9-17(30)10-8-16/h7-10,13-15,18-21,30H,11-12,26H2,1-6H3,(H,27,32)(H,28,31)(H,29,33)(H,34,35). The molecule has 0 fully saturated rings. The van der Waals surface area contributed by atoms with Crippen molar-refractivity contribution < 1.29 is 29.4 Å². The van der Waals surface area contributed by atoms with Crippen molar-refractivity contribution in [3.63, 3.8) is 0 Å². The average molecular weight is 493 g/mol. The Morgan fingerprint density at radius 3 is 1.69 bits per heavy atom. The van der Waals surface area contributed by atoms with Gasteiger partial charge in [0.05, 0.1) is 6.04 Å². The Morgan fingerprint density at radius 1 is 0.800 bits per heavy atom. The molecule has 0 aliphatic rings. The lowest BCUT2D eigenvalue weighted by Gasteiger charge is -2.28. The molecule has 10 heteroatoms. The van der Waals surface area contributed by atoms with Crippen LogP contribution in [0.5, 0.6) is 5.75 Å². The van der Waals surface area contributed by atoms with Crippen LogP contribution in [0.1, 0.15) is 53.5 Å². The number of carbonyl (C=O) groups excluding carboxylic acids is 3. The third kappa shape index (κ3) is 9.94. The maximum Gasteiger partial charge on any atom is 0.326 e. The van der Waals surface area contributed by atoms with Gasteiger partial charge in [-0.05, 0) is 48.3 Å². The van der Waals surface area contributed by atoms with Gasteiger partial charge in [0.1, 0.15) is 23.9 Å². The van der Waals surface area contributed by atoms with Crippen molar-refractivity contribution in [3.8, 4) is 5.75 Å². The number of hydrogen-bond acceptors (Lipinski definition) is 6. The van der Waals surface area contributed by atoms with Gasteiger partial charge in [-0.1, -0.05) is 53.7 Å². The van der Waals surface area contributed by atoms with E-state index in [4.69, 9.17) is 5.73 Å². The van der Waals surface area contributed by atoms with Crippen LogP contribution >= 0.6 is 0 Å². The molecule has 0 saturated carbocycles. The van der Waals surface area contributed by atoms with E-state index < -0.39 is 47.9 Å². The third-order valence-electron chi connectivity index (χ3n) is 5.54. The second-order valence-corrected chi connectivity index (χ2v) is 9.97. The van der Waals surface area contributed by atoms with E-state index in [1.165, 1.54) is 12.1 Å². The Hall–Kier alpha value is -3.14. The lowest BCUT2D eigenvalue weighted by atomic mass is 9.98. The topological polar surface area (TPSA) is 171 Å². The summed E-state index contributed by atoms with van der Waals surface area (Å²) in [5.41, 5.74) is 6.78. The summed E-state index contributed by atoms with van der Waals surface area (Å²) in [5, 5.41) is 26.7. The largest absolute Gasteiger partial charge is 0.508 e. The van der Waals surface area contributed by atoms with Crippen LogP contribution in [0, 0.1) is 17.8 Å². The van der Waals surface area contributed by atoms with Crippen LogP contribution < -0.4 is 21.7 Å². The molecule has 0 bridgehead atoms. The van der Waals surface area contributed by atoms with Crippen molar-refractivity contribution in [2.45, 2.75) is 78.6 Å². The molecule has 4 unspecified atom stereocenters. The van der Waals surface area contributed by atoms with E-state index in [0.29, 0.717) is 0 Å². The Balaban J connectivity index is 2.88. The number of rotatable bonds is 13. The van der Waals surface area contributed by atoms with E-state index in [0.717, 1.165) is 5.56 Å². The first-order valence-electron chi connectivity index (χ1n) is 11.9. The highest BCUT2D eigenvalue weighted by Crippen LogP contribution is 2.12. The predicted molar refractivity (Wildman–Crippen MR) is 132 cm³/mol. The molecular weight excluding hydrogens is 452 g/mol. The zero-order chi connectivity index (χ0) is 26.9. The van der Waals surface area contributed by atoms with Crippen molar-refractivity contribution >= 4 is 23.7 Å². The van der Waals surface area contributed by atoms with Gasteiger partial charge >= 0.3 is 5.97 Å². The molecule has 1 aromatic rings. The molecule has 0 aliphatic heterocycles. The summed E-state index contributed by atoms with van der Waals surface area (Å²) >= 11 is 0. The van der Waals surface area contributed by atoms with Crippen LogP contribution in [0.4, 0.5) is 0 Å². The SMILES string of the molecule is CC(C)CC(NC(=O)C(NC(=O)C(NC(=O)C(N)Cc1ccc(O)cc1)C(C)C)C(C)C)C(=O)O. The van der Waals surface area contributed by atoms with Crippen molar-refractivity contribution in [3.05, 3.63) is 29.8 Å². The predicted octanol–water partition coefficient (Wildman–Crippen LogP) is 1.16. The molecule has 0 aromatic heterocycles. The van der Waals surface area contributed by atoms with E-state index in [1.54, 1.807) is 39.8 Å². The summed E-state index contributed by atoms with van der Waals surface area (Å²) in [4.78, 5) is 50.2. The number of carbonyl (C=O) groups is 4. The first kappa shape index (κ1) is 29.9. The number of carboxylic acids is 1. The minimum atomic E-state index is -1.14. The van der Waals surface area contributed by atoms with Gasteiger partial charge < -0.3 is 31.9 Å². The highest BCUT2D eigenvalue weighted by molar-refractivity contribution is 5.94. The average Bonchev–Trinajstić information content (AvgIpc) is 2.75. The first-order valence-corrected chi connectivity index (χ1v) is 11.9. The van der Waals surface area contributed by atoms with Gasteiger partial charge in [0.25, 0.3) is 0 Å². The molecule has 1 rings (SSSR count). The van der Waals surface area contributed by atoms with E-state index in [9.17, 15) is 29.4 Å². The normalized spacial score (nSPS) is 14.8. The van der Waals surface area contributed by atoms with Crippen LogP contribution in [0.3, 0.4) is 0 Å². The molecule has 35 heavy (non-hydrogen) atoms. The van der Waals surface area contributed by atoms with Crippen LogP contribution in [0.15, 0.2) is 24.3 Å². The number of phenols is 1. The number of nitrogens with one attached hydrogen (secondary N) is 3. The molecule has 1 aromatic carbocycles. The Labute approximate surface area is 207 Å². The van der Waals surface area contributed by atoms with Gasteiger partial charge in [0.2, 0.25) is 17.7 Å². The first-order chi connectivity index (χ1) is 16.2. The van der Waals surface area contributed by atoms with Crippen molar-refractivity contribution in [1.29, 1.82) is 0 Å². The molecule has 196 valence electrons. The summed E-state index contributed by atoms with van der Waals surface area (Å²) in [6.07, 6.45) is 0.464. The lowest BCUT2D eigenvalue weighted by molar-refractivity contribution is -0.143. The van der Waals surface area contributed by atoms with Gasteiger partial charge in [-0.15, -0.1) is 0 Å². The summed E-state index contributed by atoms with van der Waals surface area (Å²) in [7, 11) is 0. The maximum atomic E-state index is 13.1. The minimum absolute atomic E-state index is 0.0507. The van der Waals surface area contributed by atoms with Gasteiger partial charge in [0.15, 0.2) is 0 Å². The zero-order valence-corrected chi connectivity index (χ0v) is 21.4. The number of nitrogens with two attached hydrogens (primary N) is 1. The highest BCUT2D eigenvalue weighted by atomic mass is 16.4. The molecule has 10 nitrogen and oxygen atoms in total. The molecule has 0 radical (unpaired) electrons. The van der Waals surface area contributed by atoms with E-state index in [-0.39, 0.29) is 36.3 Å². The molecule has 0 aliphatic carbocycles. The maximum absolute atomic E-state index is 13.1. The van der Waals surface area contributed by atoms with Gasteiger partial charge in [-0.3, -0.25) is 14.4 Å². The van der Waals surface area contributed by atoms with Gasteiger partial charge in [0, 0.05) is 0 Å². The second kappa shape index (κ2) is 13.7. The number of aliphatic carboxylic acids is 1. The molecule has 0 heterocycles. The molecule has 0 saturated heterocycles. The van der Waals surface area contributed by atoms with Gasteiger partial charge in [-0.2, -0.15) is 0 Å². The van der Waals surface area contributed by atoms with Gasteiger partial charge in [-0.25, -0.2) is 4.79 Å². The van der Waals surface area contributed by atoms with Crippen LogP contribution in [0.25, 0.3) is 0 Å². The van der Waals surface area contributed by atoms with E-state index in [1.807, 2.05) is 13.8 Å². The number of hydrogen-bond donors (Lipinski definition) is 6. The number of aromatic hydroxyl groups is 1. The zero-order valence-electron chi connectivity index (χ0n) is 21.4. The molecule has 3 amide bonds. The smallest absolute Gasteiger partial charge is 0.326 e. The Kier molecular flexibility index (Phi) is 11.7. The highest BCUT2D eigenvalue weighted by Gasteiger charge is 2.33. The third-order valence-corrected chi connectivity index (χ3v) is 5.54. The molecule has 7 N–H and O–H groups in total. The summed E-state index contributed by atoms with van der Waals surface area (Å²) < 4.78 is 0. The lowest BCUT2D eigenvalue weighted by Crippen LogP contribution is -2.59. The van der Waals surface area contributed by atoms with Crippen LogP contribution in [-0.2, 0) is 25.6 Å². The number of carboxylic acid groups (broad SMARTS) is 1. The summed E-state index contributed by atoms with van der Waals surface area (Å²) in [5.74, 6) is -3.30. The molecule has 4 atom stereocenters. The molecular formula is C25H40N4O6. The van der Waals surface area contributed by atoms with Crippen molar-refractivity contribution in [1.82, 2.24) is 16.0 Å². The minimum Gasteiger partial charge on any atom is -0.508 e. The van der Waals surface area contributed by atoms with Crippen LogP contribution in [-0.4, -0.2) is 58.1 Å². The van der Waals surface area contributed by atoms with E-state index >= 15 is 0 Å². The fourth-order valence-electron chi connectivity index (χ4n) is 3.51. The Morgan fingerprint density at radius 2 is 1.26 bits per heavy atom. The summed E-state index contributed by atoms with van der Waals surface area (Å²) in [6.45, 7) is 10.7. The fourth-order valence-corrected chi connectivity index (χ4v) is 3.51.